The number of hydrogen-bond acceptors (Lipinski definition) is 3. The normalized spacial score (nSPS) is 16.8. The van der Waals surface area contributed by atoms with Gasteiger partial charge in [-0.1, -0.05) is 18.2 Å². The first-order valence-corrected chi connectivity index (χ1v) is 8.35. The van der Waals surface area contributed by atoms with Gasteiger partial charge in [-0.25, -0.2) is 18.4 Å². The fourth-order valence-electron chi connectivity index (χ4n) is 2.80. The average Bonchev–Trinajstić information content (AvgIpc) is 2.68. The second-order valence-electron chi connectivity index (χ2n) is 6.14. The van der Waals surface area contributed by atoms with Crippen LogP contribution in [0.1, 0.15) is 27.6 Å². The van der Waals surface area contributed by atoms with Crippen LogP contribution in [0.3, 0.4) is 0 Å². The topological polar surface area (TPSA) is 78.9 Å². The minimum Gasteiger partial charge on any atom is -0.478 e. The molecule has 1 fully saturated rings. The number of hydrogen-bond donors (Lipinski definition) is 2. The van der Waals surface area contributed by atoms with Gasteiger partial charge in [0.25, 0.3) is 0 Å². The van der Waals surface area contributed by atoms with Crippen molar-refractivity contribution in [2.45, 2.75) is 12.6 Å². The van der Waals surface area contributed by atoms with Crippen molar-refractivity contribution in [3.05, 3.63) is 70.8 Å². The predicted molar refractivity (Wildman–Crippen MR) is 92.3 cm³/mol. The number of morpholine rings is 1. The standard InChI is InChI=1S/C19H18F2N2O4/c20-15-6-5-14(9-16(15)21)17-11-23(7-8-27-17)19(26)22-10-12-1-3-13(4-2-12)18(24)25/h1-6,9,17H,7-8,10-11H2,(H,22,26)(H,24,25). The van der Waals surface area contributed by atoms with Gasteiger partial charge in [0.15, 0.2) is 11.6 Å². The number of nitrogens with zero attached hydrogens (tertiary/aromatic N) is 1. The molecule has 1 aliphatic rings. The molecule has 0 spiro atoms. The molecule has 8 heteroatoms. The summed E-state index contributed by atoms with van der Waals surface area (Å²) in [5, 5.41) is 11.6. The molecule has 0 aliphatic carbocycles. The number of carbonyl (C=O) groups excluding carboxylic acids is 1. The van der Waals surface area contributed by atoms with Gasteiger partial charge in [0.05, 0.1) is 18.7 Å². The minimum atomic E-state index is -1.01. The van der Waals surface area contributed by atoms with Crippen LogP contribution < -0.4 is 5.32 Å². The summed E-state index contributed by atoms with van der Waals surface area (Å²) in [6, 6.07) is 9.44. The van der Waals surface area contributed by atoms with Crippen LogP contribution in [0.4, 0.5) is 13.6 Å². The second-order valence-corrected chi connectivity index (χ2v) is 6.14. The lowest BCUT2D eigenvalue weighted by atomic mass is 10.1. The number of ether oxygens (including phenoxy) is 1. The molecule has 0 bridgehead atoms. The molecule has 142 valence electrons. The highest BCUT2D eigenvalue weighted by Gasteiger charge is 2.26. The Morgan fingerprint density at radius 3 is 2.56 bits per heavy atom. The van der Waals surface area contributed by atoms with E-state index in [-0.39, 0.29) is 31.3 Å². The SMILES string of the molecule is O=C(O)c1ccc(CNC(=O)N2CCOC(c3ccc(F)c(F)c3)C2)cc1. The molecule has 2 aromatic rings. The third-order valence-electron chi connectivity index (χ3n) is 4.31. The summed E-state index contributed by atoms with van der Waals surface area (Å²) < 4.78 is 32.1. The highest BCUT2D eigenvalue weighted by atomic mass is 19.2. The number of carboxylic acid groups (broad SMARTS) is 1. The number of carboxylic acids is 1. The first-order chi connectivity index (χ1) is 12.9. The van der Waals surface area contributed by atoms with Crippen LogP contribution in [0.25, 0.3) is 0 Å². The largest absolute Gasteiger partial charge is 0.478 e. The van der Waals surface area contributed by atoms with E-state index in [0.29, 0.717) is 12.1 Å². The zero-order valence-corrected chi connectivity index (χ0v) is 14.3. The van der Waals surface area contributed by atoms with Crippen LogP contribution in [0, 0.1) is 11.6 Å². The lowest BCUT2D eigenvalue weighted by Gasteiger charge is -2.33. The van der Waals surface area contributed by atoms with Gasteiger partial charge in [0.2, 0.25) is 0 Å². The first kappa shape index (κ1) is 18.8. The molecule has 3 rings (SSSR count). The minimum absolute atomic E-state index is 0.174. The number of aromatic carboxylic acids is 1. The van der Waals surface area contributed by atoms with Crippen molar-refractivity contribution in [2.24, 2.45) is 0 Å². The van der Waals surface area contributed by atoms with Crippen LogP contribution in [0.5, 0.6) is 0 Å². The molecule has 0 saturated carbocycles. The predicted octanol–water partition coefficient (Wildman–Crippen LogP) is 2.95. The molecule has 1 atom stereocenters. The summed E-state index contributed by atoms with van der Waals surface area (Å²) in [5.74, 6) is -2.90. The van der Waals surface area contributed by atoms with Gasteiger partial charge in [-0.05, 0) is 35.4 Å². The number of benzene rings is 2. The van der Waals surface area contributed by atoms with E-state index < -0.39 is 23.7 Å². The lowest BCUT2D eigenvalue weighted by Crippen LogP contribution is -2.47. The third kappa shape index (κ3) is 4.59. The Balaban J connectivity index is 1.57. The van der Waals surface area contributed by atoms with E-state index in [4.69, 9.17) is 9.84 Å². The Morgan fingerprint density at radius 1 is 1.15 bits per heavy atom. The van der Waals surface area contributed by atoms with Crippen LogP contribution in [0.15, 0.2) is 42.5 Å². The Kier molecular flexibility index (Phi) is 5.66. The highest BCUT2D eigenvalue weighted by Crippen LogP contribution is 2.23. The Morgan fingerprint density at radius 2 is 1.89 bits per heavy atom. The number of carbonyl (C=O) groups is 2. The molecular weight excluding hydrogens is 358 g/mol. The van der Waals surface area contributed by atoms with E-state index in [1.807, 2.05) is 0 Å². The van der Waals surface area contributed by atoms with Gasteiger partial charge in [0.1, 0.15) is 6.10 Å². The number of rotatable bonds is 4. The van der Waals surface area contributed by atoms with Crippen molar-refractivity contribution in [2.75, 3.05) is 19.7 Å². The molecule has 1 aliphatic heterocycles. The highest BCUT2D eigenvalue weighted by molar-refractivity contribution is 5.87. The average molecular weight is 376 g/mol. The van der Waals surface area contributed by atoms with Crippen LogP contribution >= 0.6 is 0 Å². The molecule has 2 N–H and O–H groups in total. The van der Waals surface area contributed by atoms with Crippen LogP contribution in [-0.4, -0.2) is 41.7 Å². The van der Waals surface area contributed by atoms with Gasteiger partial charge in [-0.15, -0.1) is 0 Å². The smallest absolute Gasteiger partial charge is 0.335 e. The molecule has 1 heterocycles. The van der Waals surface area contributed by atoms with Crippen molar-refractivity contribution in [3.8, 4) is 0 Å². The van der Waals surface area contributed by atoms with Crippen molar-refractivity contribution >= 4 is 12.0 Å². The molecule has 6 nitrogen and oxygen atoms in total. The summed E-state index contributed by atoms with van der Waals surface area (Å²) in [4.78, 5) is 24.8. The number of amides is 2. The maximum Gasteiger partial charge on any atom is 0.335 e. The third-order valence-corrected chi connectivity index (χ3v) is 4.31. The summed E-state index contributed by atoms with van der Waals surface area (Å²) >= 11 is 0. The fraction of sp³-hybridized carbons (Fsp3) is 0.263. The zero-order valence-electron chi connectivity index (χ0n) is 14.3. The summed E-state index contributed by atoms with van der Waals surface area (Å²) in [6.07, 6.45) is -0.533. The lowest BCUT2D eigenvalue weighted by molar-refractivity contribution is -0.0156. The number of nitrogens with one attached hydrogen (secondary N) is 1. The van der Waals surface area contributed by atoms with Gasteiger partial charge in [-0.3, -0.25) is 0 Å². The van der Waals surface area contributed by atoms with E-state index in [2.05, 4.69) is 5.32 Å². The molecule has 27 heavy (non-hydrogen) atoms. The summed E-state index contributed by atoms with van der Waals surface area (Å²) in [6.45, 7) is 1.12. The zero-order chi connectivity index (χ0) is 19.4. The monoisotopic (exact) mass is 376 g/mol. The maximum atomic E-state index is 13.4. The molecule has 1 saturated heterocycles. The van der Waals surface area contributed by atoms with Crippen molar-refractivity contribution in [3.63, 3.8) is 0 Å². The van der Waals surface area contributed by atoms with Crippen LogP contribution in [0.2, 0.25) is 0 Å². The van der Waals surface area contributed by atoms with Crippen molar-refractivity contribution in [1.82, 2.24) is 10.2 Å². The molecule has 0 radical (unpaired) electrons. The van der Waals surface area contributed by atoms with Gasteiger partial charge < -0.3 is 20.1 Å². The maximum absolute atomic E-state index is 13.4. The van der Waals surface area contributed by atoms with Gasteiger partial charge in [-0.2, -0.15) is 0 Å². The quantitative estimate of drug-likeness (QED) is 0.860. The molecule has 2 aromatic carbocycles. The molecular formula is C19H18F2N2O4. The van der Waals surface area contributed by atoms with E-state index in [9.17, 15) is 18.4 Å². The Labute approximate surface area is 154 Å². The number of halogens is 2. The van der Waals surface area contributed by atoms with Crippen molar-refractivity contribution in [1.29, 1.82) is 0 Å². The number of urea groups is 1. The van der Waals surface area contributed by atoms with E-state index >= 15 is 0 Å². The van der Waals surface area contributed by atoms with Gasteiger partial charge >= 0.3 is 12.0 Å². The van der Waals surface area contributed by atoms with Crippen molar-refractivity contribution < 1.29 is 28.2 Å². The van der Waals surface area contributed by atoms with E-state index in [1.54, 1.807) is 17.0 Å². The molecule has 1 unspecified atom stereocenters. The van der Waals surface area contributed by atoms with Crippen LogP contribution in [-0.2, 0) is 11.3 Å². The summed E-state index contributed by atoms with van der Waals surface area (Å²) in [5.41, 5.74) is 1.40. The Bertz CT molecular complexity index is 842. The second kappa shape index (κ2) is 8.13. The first-order valence-electron chi connectivity index (χ1n) is 8.35. The van der Waals surface area contributed by atoms with E-state index in [1.165, 1.54) is 18.2 Å². The van der Waals surface area contributed by atoms with Gasteiger partial charge in [0, 0.05) is 13.1 Å². The molecule has 0 aromatic heterocycles. The van der Waals surface area contributed by atoms with E-state index in [0.717, 1.165) is 17.7 Å². The Hall–Kier alpha value is -3.00. The fourth-order valence-corrected chi connectivity index (χ4v) is 2.80. The summed E-state index contributed by atoms with van der Waals surface area (Å²) in [7, 11) is 0. The molecule has 2 amide bonds.